The highest BCUT2D eigenvalue weighted by atomic mass is 16.4. The Bertz CT molecular complexity index is 596. The minimum Gasteiger partial charge on any atom is -0.481 e. The Hall–Kier alpha value is -0.830. The van der Waals surface area contributed by atoms with Crippen molar-refractivity contribution >= 4 is 5.97 Å². The van der Waals surface area contributed by atoms with Crippen molar-refractivity contribution in [1.82, 2.24) is 0 Å². The van der Waals surface area contributed by atoms with Crippen LogP contribution in [0.25, 0.3) is 0 Å². The molecule has 25 heavy (non-hydrogen) atoms. The van der Waals surface area contributed by atoms with Gasteiger partial charge in [-0.05, 0) is 85.9 Å². The van der Waals surface area contributed by atoms with E-state index in [0.29, 0.717) is 17.8 Å². The van der Waals surface area contributed by atoms with Crippen LogP contribution in [0.2, 0.25) is 0 Å². The van der Waals surface area contributed by atoms with Gasteiger partial charge in [0.05, 0.1) is 12.0 Å². The number of aliphatic hydroxyl groups is 1. The Morgan fingerprint density at radius 2 is 1.92 bits per heavy atom. The first kappa shape index (κ1) is 17.6. The maximum atomic E-state index is 11.6. The number of aliphatic hydroxyl groups excluding tert-OH is 1. The monoisotopic (exact) mass is 346 g/mol. The molecular weight excluding hydrogens is 312 g/mol. The summed E-state index contributed by atoms with van der Waals surface area (Å²) < 4.78 is 0. The third-order valence-electron chi connectivity index (χ3n) is 9.14. The van der Waals surface area contributed by atoms with Crippen LogP contribution in [0.1, 0.15) is 72.1 Å². The van der Waals surface area contributed by atoms with E-state index in [4.69, 9.17) is 0 Å². The van der Waals surface area contributed by atoms with E-state index in [1.54, 1.807) is 0 Å². The zero-order valence-corrected chi connectivity index (χ0v) is 16.0. The fourth-order valence-corrected chi connectivity index (χ4v) is 7.68. The lowest BCUT2D eigenvalue weighted by Crippen LogP contribution is -2.51. The van der Waals surface area contributed by atoms with Gasteiger partial charge in [-0.25, -0.2) is 0 Å². The van der Waals surface area contributed by atoms with Gasteiger partial charge in [0.15, 0.2) is 0 Å². The van der Waals surface area contributed by atoms with Gasteiger partial charge < -0.3 is 10.2 Å². The summed E-state index contributed by atoms with van der Waals surface area (Å²) in [7, 11) is 0. The molecule has 0 spiro atoms. The molecule has 0 aliphatic heterocycles. The largest absolute Gasteiger partial charge is 0.481 e. The van der Waals surface area contributed by atoms with Crippen molar-refractivity contribution in [2.75, 3.05) is 0 Å². The molecule has 0 aromatic heterocycles. The number of hydrogen-bond donors (Lipinski definition) is 2. The van der Waals surface area contributed by atoms with Crippen molar-refractivity contribution in [3.05, 3.63) is 11.6 Å². The van der Waals surface area contributed by atoms with Gasteiger partial charge in [0.2, 0.25) is 0 Å². The highest BCUT2D eigenvalue weighted by Crippen LogP contribution is 2.67. The standard InChI is InChI=1S/C22H34O3/c1-13(20(24)25)17-6-7-18-16-5-4-14-12-15(23)8-10-21(14,2)19(16)9-11-22(17,18)3/h4,13,15-19,23H,5-12H2,1-3H3,(H,24,25)/t13-,15-,16+,17+,18-,19+,21-,22+/m0/s1. The van der Waals surface area contributed by atoms with Crippen LogP contribution in [-0.4, -0.2) is 22.3 Å². The Morgan fingerprint density at radius 3 is 2.64 bits per heavy atom. The number of rotatable bonds is 2. The van der Waals surface area contributed by atoms with Crippen molar-refractivity contribution in [2.45, 2.75) is 78.2 Å². The Morgan fingerprint density at radius 1 is 1.16 bits per heavy atom. The van der Waals surface area contributed by atoms with E-state index in [1.807, 2.05) is 6.92 Å². The molecule has 3 nitrogen and oxygen atoms in total. The molecule has 8 atom stereocenters. The van der Waals surface area contributed by atoms with E-state index in [9.17, 15) is 15.0 Å². The summed E-state index contributed by atoms with van der Waals surface area (Å²) in [4.78, 5) is 11.6. The molecule has 3 fully saturated rings. The smallest absolute Gasteiger partial charge is 0.306 e. The van der Waals surface area contributed by atoms with Gasteiger partial charge in [-0.15, -0.1) is 0 Å². The second-order valence-electron chi connectivity index (χ2n) is 10.0. The number of allylic oxidation sites excluding steroid dienone is 1. The van der Waals surface area contributed by atoms with Crippen LogP contribution >= 0.6 is 0 Å². The van der Waals surface area contributed by atoms with Crippen LogP contribution in [0.4, 0.5) is 0 Å². The number of hydrogen-bond acceptors (Lipinski definition) is 2. The molecule has 4 aliphatic rings. The number of carboxylic acids is 1. The van der Waals surface area contributed by atoms with Gasteiger partial charge in [-0.2, -0.15) is 0 Å². The normalized spacial score (nSPS) is 50.2. The average Bonchev–Trinajstić information content (AvgIpc) is 2.92. The molecular formula is C22H34O3. The Kier molecular flexibility index (Phi) is 4.10. The van der Waals surface area contributed by atoms with Crippen molar-refractivity contribution in [3.8, 4) is 0 Å². The van der Waals surface area contributed by atoms with E-state index < -0.39 is 5.97 Å². The lowest BCUT2D eigenvalue weighted by molar-refractivity contribution is -0.146. The van der Waals surface area contributed by atoms with Crippen LogP contribution < -0.4 is 0 Å². The summed E-state index contributed by atoms with van der Waals surface area (Å²) in [6.45, 7) is 6.78. The van der Waals surface area contributed by atoms with Crippen LogP contribution in [-0.2, 0) is 4.79 Å². The molecule has 0 bridgehead atoms. The van der Waals surface area contributed by atoms with Crippen molar-refractivity contribution in [3.63, 3.8) is 0 Å². The van der Waals surface area contributed by atoms with Crippen LogP contribution in [0.15, 0.2) is 11.6 Å². The van der Waals surface area contributed by atoms with Crippen molar-refractivity contribution < 1.29 is 15.0 Å². The van der Waals surface area contributed by atoms with Gasteiger partial charge in [0, 0.05) is 0 Å². The van der Waals surface area contributed by atoms with Gasteiger partial charge >= 0.3 is 5.97 Å². The summed E-state index contributed by atoms with van der Waals surface area (Å²) in [5.74, 6) is 1.63. The third kappa shape index (κ3) is 2.44. The Labute approximate surface area is 151 Å². The lowest BCUT2D eigenvalue weighted by Gasteiger charge is -2.58. The van der Waals surface area contributed by atoms with E-state index >= 15 is 0 Å². The SMILES string of the molecule is C[C@H](C(=O)O)[C@H]1CC[C@H]2[C@H]3CC=C4C[C@@H](O)CC[C@]4(C)[C@@H]3CC[C@]12C. The zero-order chi connectivity index (χ0) is 18.0. The quantitative estimate of drug-likeness (QED) is 0.716. The van der Waals surface area contributed by atoms with Gasteiger partial charge in [-0.1, -0.05) is 32.4 Å². The highest BCUT2D eigenvalue weighted by Gasteiger charge is 2.59. The molecule has 0 unspecified atom stereocenters. The average molecular weight is 347 g/mol. The predicted molar refractivity (Wildman–Crippen MR) is 98.0 cm³/mol. The fraction of sp³-hybridized carbons (Fsp3) is 0.864. The zero-order valence-electron chi connectivity index (χ0n) is 16.0. The molecule has 140 valence electrons. The van der Waals surface area contributed by atoms with Crippen molar-refractivity contribution in [1.29, 1.82) is 0 Å². The van der Waals surface area contributed by atoms with Crippen LogP contribution in [0.3, 0.4) is 0 Å². The summed E-state index contributed by atoms with van der Waals surface area (Å²) in [6.07, 6.45) is 11.1. The molecule has 0 radical (unpaired) electrons. The second kappa shape index (κ2) is 5.84. The molecule has 0 saturated heterocycles. The highest BCUT2D eigenvalue weighted by molar-refractivity contribution is 5.70. The maximum absolute atomic E-state index is 11.6. The summed E-state index contributed by atoms with van der Waals surface area (Å²) in [5.41, 5.74) is 2.00. The lowest BCUT2D eigenvalue weighted by atomic mass is 9.47. The predicted octanol–water partition coefficient (Wildman–Crippen LogP) is 4.65. The maximum Gasteiger partial charge on any atom is 0.306 e. The third-order valence-corrected chi connectivity index (χ3v) is 9.14. The topological polar surface area (TPSA) is 57.5 Å². The minimum absolute atomic E-state index is 0.142. The molecule has 0 aromatic rings. The number of aliphatic carboxylic acids is 1. The molecule has 0 heterocycles. The van der Waals surface area contributed by atoms with E-state index in [0.717, 1.165) is 38.0 Å². The first-order valence-corrected chi connectivity index (χ1v) is 10.4. The first-order valence-electron chi connectivity index (χ1n) is 10.4. The van der Waals surface area contributed by atoms with E-state index in [-0.39, 0.29) is 22.9 Å². The summed E-state index contributed by atoms with van der Waals surface area (Å²) >= 11 is 0. The number of fused-ring (bicyclic) bond motifs is 5. The van der Waals surface area contributed by atoms with Crippen LogP contribution in [0.5, 0.6) is 0 Å². The van der Waals surface area contributed by atoms with E-state index in [1.165, 1.54) is 24.8 Å². The molecule has 4 aliphatic carbocycles. The van der Waals surface area contributed by atoms with Gasteiger partial charge in [0.1, 0.15) is 0 Å². The molecule has 2 N–H and O–H groups in total. The molecule has 4 rings (SSSR count). The van der Waals surface area contributed by atoms with Gasteiger partial charge in [-0.3, -0.25) is 4.79 Å². The minimum atomic E-state index is -0.618. The Balaban J connectivity index is 1.63. The first-order chi connectivity index (χ1) is 11.8. The van der Waals surface area contributed by atoms with Gasteiger partial charge in [0.25, 0.3) is 0 Å². The molecule has 3 heteroatoms. The summed E-state index contributed by atoms with van der Waals surface area (Å²) in [6, 6.07) is 0. The molecule has 3 saturated carbocycles. The number of carboxylic acid groups (broad SMARTS) is 1. The van der Waals surface area contributed by atoms with Crippen LogP contribution in [0, 0.1) is 40.4 Å². The van der Waals surface area contributed by atoms with E-state index in [2.05, 4.69) is 19.9 Å². The summed E-state index contributed by atoms with van der Waals surface area (Å²) in [5, 5.41) is 19.7. The fourth-order valence-electron chi connectivity index (χ4n) is 7.68. The molecule has 0 amide bonds. The number of carbonyl (C=O) groups is 1. The second-order valence-corrected chi connectivity index (χ2v) is 10.0. The van der Waals surface area contributed by atoms with Crippen molar-refractivity contribution in [2.24, 2.45) is 40.4 Å². The molecule has 0 aromatic carbocycles.